The minimum Gasteiger partial charge on any atom is -0.478 e. The maximum absolute atomic E-state index is 11.6. The average Bonchev–Trinajstić information content (AvgIpc) is 3.33. The molecular weight excluding hydrogens is 338 g/mol. The largest absolute Gasteiger partial charge is 0.478 e. The van der Waals surface area contributed by atoms with E-state index in [4.69, 9.17) is 0 Å². The number of hydrogen-bond donors (Lipinski definition) is 2. The molecule has 24 heavy (non-hydrogen) atoms. The fourth-order valence-electron chi connectivity index (χ4n) is 2.83. The summed E-state index contributed by atoms with van der Waals surface area (Å²) >= 11 is 3.33. The number of H-pyrrole nitrogens is 1. The van der Waals surface area contributed by atoms with Crippen molar-refractivity contribution in [1.82, 2.24) is 4.98 Å². The van der Waals surface area contributed by atoms with Crippen LogP contribution in [0.1, 0.15) is 10.4 Å². The molecule has 0 bridgehead atoms. The molecule has 3 nitrogen and oxygen atoms in total. The van der Waals surface area contributed by atoms with Crippen molar-refractivity contribution >= 4 is 28.6 Å². The highest BCUT2D eigenvalue weighted by Crippen LogP contribution is 2.43. The maximum atomic E-state index is 11.6. The summed E-state index contributed by atoms with van der Waals surface area (Å²) in [5.41, 5.74) is 4.01. The van der Waals surface area contributed by atoms with Crippen LogP contribution in [0.25, 0.3) is 32.1 Å². The standard InChI is InChI=1S/C19H13NO2S2/c21-19(22)13-6-2-1-5-12(13)18-17(16-8-4-10-24-16)14(11-20-18)15-7-3-9-23-15/h1-11,20H,(H,21,22). The van der Waals surface area contributed by atoms with Gasteiger partial charge >= 0.3 is 5.97 Å². The van der Waals surface area contributed by atoms with Crippen molar-refractivity contribution in [2.75, 3.05) is 0 Å². The van der Waals surface area contributed by atoms with E-state index in [0.717, 1.165) is 26.6 Å². The Labute approximate surface area is 146 Å². The highest BCUT2D eigenvalue weighted by Gasteiger charge is 2.21. The third-order valence-corrected chi connectivity index (χ3v) is 5.65. The van der Waals surface area contributed by atoms with Crippen molar-refractivity contribution in [3.63, 3.8) is 0 Å². The van der Waals surface area contributed by atoms with Crippen molar-refractivity contribution in [3.05, 3.63) is 71.1 Å². The molecule has 3 aromatic heterocycles. The number of carbonyl (C=O) groups is 1. The van der Waals surface area contributed by atoms with Gasteiger partial charge in [-0.2, -0.15) is 0 Å². The maximum Gasteiger partial charge on any atom is 0.336 e. The fourth-order valence-corrected chi connectivity index (χ4v) is 4.37. The molecule has 2 N–H and O–H groups in total. The molecule has 1 aromatic carbocycles. The zero-order valence-electron chi connectivity index (χ0n) is 12.5. The third-order valence-electron chi connectivity index (χ3n) is 3.86. The van der Waals surface area contributed by atoms with Crippen molar-refractivity contribution in [2.45, 2.75) is 0 Å². The van der Waals surface area contributed by atoms with Crippen LogP contribution in [0, 0.1) is 0 Å². The Morgan fingerprint density at radius 1 is 0.875 bits per heavy atom. The quantitative estimate of drug-likeness (QED) is 0.485. The first kappa shape index (κ1) is 14.9. The molecule has 0 spiro atoms. The van der Waals surface area contributed by atoms with Gasteiger partial charge in [-0.15, -0.1) is 22.7 Å². The van der Waals surface area contributed by atoms with Crippen LogP contribution in [-0.2, 0) is 0 Å². The Kier molecular flexibility index (Phi) is 3.80. The molecule has 3 heterocycles. The second-order valence-electron chi connectivity index (χ2n) is 5.26. The van der Waals surface area contributed by atoms with E-state index in [2.05, 4.69) is 17.1 Å². The highest BCUT2D eigenvalue weighted by molar-refractivity contribution is 7.14. The molecule has 0 radical (unpaired) electrons. The summed E-state index contributed by atoms with van der Waals surface area (Å²) in [4.78, 5) is 17.2. The smallest absolute Gasteiger partial charge is 0.336 e. The average molecular weight is 351 g/mol. The lowest BCUT2D eigenvalue weighted by atomic mass is 9.98. The number of benzene rings is 1. The number of aromatic nitrogens is 1. The van der Waals surface area contributed by atoms with Crippen LogP contribution in [0.2, 0.25) is 0 Å². The van der Waals surface area contributed by atoms with Gasteiger partial charge in [-0.1, -0.05) is 30.3 Å². The van der Waals surface area contributed by atoms with E-state index in [1.807, 2.05) is 41.2 Å². The molecule has 5 heteroatoms. The lowest BCUT2D eigenvalue weighted by Crippen LogP contribution is -1.99. The number of aromatic carboxylic acids is 1. The first-order valence-electron chi connectivity index (χ1n) is 7.37. The number of rotatable bonds is 4. The molecule has 0 unspecified atom stereocenters. The number of aromatic amines is 1. The fraction of sp³-hybridized carbons (Fsp3) is 0. The Morgan fingerprint density at radius 2 is 1.58 bits per heavy atom. The van der Waals surface area contributed by atoms with Crippen molar-refractivity contribution in [3.8, 4) is 32.1 Å². The molecule has 0 fully saturated rings. The predicted molar refractivity (Wildman–Crippen MR) is 99.8 cm³/mol. The van der Waals surface area contributed by atoms with Crippen LogP contribution in [0.3, 0.4) is 0 Å². The highest BCUT2D eigenvalue weighted by atomic mass is 32.1. The van der Waals surface area contributed by atoms with Gasteiger partial charge in [-0.05, 0) is 29.0 Å². The number of carboxylic acid groups (broad SMARTS) is 1. The molecule has 0 atom stereocenters. The van der Waals surface area contributed by atoms with Crippen molar-refractivity contribution < 1.29 is 9.90 Å². The predicted octanol–water partition coefficient (Wildman–Crippen LogP) is 5.84. The van der Waals surface area contributed by atoms with E-state index in [1.165, 1.54) is 0 Å². The van der Waals surface area contributed by atoms with Gasteiger partial charge in [0.25, 0.3) is 0 Å². The lowest BCUT2D eigenvalue weighted by molar-refractivity contribution is 0.0697. The van der Waals surface area contributed by atoms with E-state index in [0.29, 0.717) is 11.1 Å². The summed E-state index contributed by atoms with van der Waals surface area (Å²) < 4.78 is 0. The minimum absolute atomic E-state index is 0.301. The van der Waals surface area contributed by atoms with E-state index in [-0.39, 0.29) is 0 Å². The summed E-state index contributed by atoms with van der Waals surface area (Å²) in [5, 5.41) is 13.6. The topological polar surface area (TPSA) is 53.1 Å². The van der Waals surface area contributed by atoms with Crippen LogP contribution in [0.4, 0.5) is 0 Å². The lowest BCUT2D eigenvalue weighted by Gasteiger charge is -2.08. The van der Waals surface area contributed by atoms with Gasteiger partial charge in [0.1, 0.15) is 0 Å². The molecule has 118 valence electrons. The normalized spacial score (nSPS) is 10.8. The van der Waals surface area contributed by atoms with Crippen molar-refractivity contribution in [1.29, 1.82) is 0 Å². The van der Waals surface area contributed by atoms with E-state index < -0.39 is 5.97 Å². The Morgan fingerprint density at radius 3 is 2.25 bits per heavy atom. The van der Waals surface area contributed by atoms with Gasteiger partial charge in [0.15, 0.2) is 0 Å². The van der Waals surface area contributed by atoms with Crippen LogP contribution in [0.5, 0.6) is 0 Å². The number of carboxylic acids is 1. The van der Waals surface area contributed by atoms with Gasteiger partial charge in [0, 0.05) is 32.6 Å². The molecule has 0 saturated heterocycles. The summed E-state index contributed by atoms with van der Waals surface area (Å²) in [7, 11) is 0. The summed E-state index contributed by atoms with van der Waals surface area (Å²) in [6.45, 7) is 0. The molecular formula is C19H13NO2S2. The van der Waals surface area contributed by atoms with E-state index in [1.54, 1.807) is 34.8 Å². The molecule has 4 rings (SSSR count). The van der Waals surface area contributed by atoms with Crippen LogP contribution in [-0.4, -0.2) is 16.1 Å². The third kappa shape index (κ3) is 2.48. The van der Waals surface area contributed by atoms with Crippen LogP contribution >= 0.6 is 22.7 Å². The molecule has 0 aliphatic rings. The van der Waals surface area contributed by atoms with Gasteiger partial charge in [-0.25, -0.2) is 4.79 Å². The Balaban J connectivity index is 2.00. The molecule has 0 saturated carbocycles. The second kappa shape index (κ2) is 6.11. The summed E-state index contributed by atoms with van der Waals surface area (Å²) in [6.07, 6.45) is 1.97. The first-order chi connectivity index (χ1) is 11.8. The second-order valence-corrected chi connectivity index (χ2v) is 7.15. The molecule has 4 aromatic rings. The van der Waals surface area contributed by atoms with Gasteiger partial charge in [-0.3, -0.25) is 0 Å². The first-order valence-corrected chi connectivity index (χ1v) is 9.13. The Bertz CT molecular complexity index is 982. The monoisotopic (exact) mass is 351 g/mol. The summed E-state index contributed by atoms with van der Waals surface area (Å²) in [6, 6.07) is 15.3. The zero-order chi connectivity index (χ0) is 16.5. The van der Waals surface area contributed by atoms with Crippen LogP contribution in [0.15, 0.2) is 65.5 Å². The Hall–Kier alpha value is -2.63. The molecule has 0 aliphatic carbocycles. The van der Waals surface area contributed by atoms with Gasteiger partial charge < -0.3 is 10.1 Å². The van der Waals surface area contributed by atoms with Crippen LogP contribution < -0.4 is 0 Å². The van der Waals surface area contributed by atoms with E-state index in [9.17, 15) is 9.90 Å². The molecule has 0 aliphatic heterocycles. The number of thiophene rings is 2. The number of nitrogens with one attached hydrogen (secondary N) is 1. The van der Waals surface area contributed by atoms with Gasteiger partial charge in [0.2, 0.25) is 0 Å². The summed E-state index contributed by atoms with van der Waals surface area (Å²) in [5.74, 6) is -0.921. The van der Waals surface area contributed by atoms with Crippen molar-refractivity contribution in [2.24, 2.45) is 0 Å². The molecule has 0 amide bonds. The zero-order valence-corrected chi connectivity index (χ0v) is 14.2. The van der Waals surface area contributed by atoms with Gasteiger partial charge in [0.05, 0.1) is 11.3 Å². The number of hydrogen-bond acceptors (Lipinski definition) is 3. The van der Waals surface area contributed by atoms with E-state index >= 15 is 0 Å². The SMILES string of the molecule is O=C(O)c1ccccc1-c1[nH]cc(-c2cccs2)c1-c1cccs1. The minimum atomic E-state index is -0.921.